The monoisotopic (exact) mass is 531 g/mol. The van der Waals surface area contributed by atoms with Gasteiger partial charge < -0.3 is 9.30 Å². The lowest BCUT2D eigenvalue weighted by molar-refractivity contribution is -0.158. The molecule has 1 fully saturated rings. The first kappa shape index (κ1) is 27.9. The topological polar surface area (TPSA) is 83.2 Å². The summed E-state index contributed by atoms with van der Waals surface area (Å²) in [5, 5.41) is 9.08. The number of hydrogen-bond donors (Lipinski definition) is 1. The van der Waals surface area contributed by atoms with Crippen molar-refractivity contribution in [1.29, 1.82) is 5.26 Å². The van der Waals surface area contributed by atoms with Crippen molar-refractivity contribution in [3.8, 4) is 6.07 Å². The Morgan fingerprint density at radius 1 is 1.13 bits per heavy atom. The molecule has 1 aliphatic rings. The largest absolute Gasteiger partial charge is 0.466 e. The highest BCUT2D eigenvalue weighted by atomic mass is 32.2. The zero-order valence-corrected chi connectivity index (χ0v) is 23.4. The molecule has 0 bridgehead atoms. The number of benzene rings is 2. The van der Waals surface area contributed by atoms with Crippen molar-refractivity contribution in [3.05, 3.63) is 88.5 Å². The van der Waals surface area contributed by atoms with E-state index in [2.05, 4.69) is 49.5 Å². The number of piperidine rings is 1. The van der Waals surface area contributed by atoms with E-state index in [4.69, 9.17) is 10.00 Å². The Hall–Kier alpha value is -3.12. The molecule has 0 atom stereocenters. The Labute approximate surface area is 230 Å². The van der Waals surface area contributed by atoms with Crippen molar-refractivity contribution in [2.45, 2.75) is 52.7 Å². The van der Waals surface area contributed by atoms with Crippen molar-refractivity contribution in [2.24, 2.45) is 5.41 Å². The van der Waals surface area contributed by atoms with Gasteiger partial charge >= 0.3 is 5.97 Å². The van der Waals surface area contributed by atoms with Gasteiger partial charge in [-0.3, -0.25) is 14.4 Å². The van der Waals surface area contributed by atoms with E-state index in [1.165, 1.54) is 11.1 Å². The summed E-state index contributed by atoms with van der Waals surface area (Å²) in [7, 11) is 0. The molecule has 1 aliphatic heterocycles. The fourth-order valence-electron chi connectivity index (χ4n) is 5.23. The molecule has 0 spiro atoms. The van der Waals surface area contributed by atoms with Crippen LogP contribution in [0.5, 0.6) is 0 Å². The average molecular weight is 532 g/mol. The van der Waals surface area contributed by atoms with Gasteiger partial charge in [0.25, 0.3) is 0 Å². The van der Waals surface area contributed by atoms with Gasteiger partial charge in [-0.15, -0.1) is 0 Å². The molecule has 2 aromatic carbocycles. The molecule has 1 aromatic heterocycles. The summed E-state index contributed by atoms with van der Waals surface area (Å²) in [5.41, 5.74) is 4.86. The van der Waals surface area contributed by atoms with Gasteiger partial charge in [-0.1, -0.05) is 48.3 Å². The molecule has 0 unspecified atom stereocenters. The predicted molar refractivity (Wildman–Crippen MR) is 151 cm³/mol. The zero-order chi connectivity index (χ0) is 27.0. The van der Waals surface area contributed by atoms with E-state index in [0.29, 0.717) is 18.6 Å². The Bertz CT molecular complexity index is 1260. The fraction of sp³-hybridized carbons (Fsp3) is 0.433. The normalized spacial score (nSPS) is 15.2. The summed E-state index contributed by atoms with van der Waals surface area (Å²) in [6.45, 7) is 8.26. The van der Waals surface area contributed by atoms with Crippen molar-refractivity contribution in [3.63, 3.8) is 0 Å². The lowest BCUT2D eigenvalue weighted by atomic mass is 9.73. The van der Waals surface area contributed by atoms with Crippen LogP contribution in [0.1, 0.15) is 53.5 Å². The highest BCUT2D eigenvalue weighted by molar-refractivity contribution is 7.96. The standard InChI is InChI=1S/C30H37N5O2S/c1-4-37-29(36)30(17-26-6-5-7-27(16-26)19-33-38-3)12-14-34(15-13-30)22-28-20-32-23(2)35(28)21-25-10-8-24(18-31)9-11-25/h5-11,16,20,33H,4,12-15,17,19,21-22H2,1-3H3. The minimum absolute atomic E-state index is 0.0750. The van der Waals surface area contributed by atoms with E-state index in [9.17, 15) is 4.79 Å². The third-order valence-corrected chi connectivity index (χ3v) is 7.86. The Morgan fingerprint density at radius 3 is 2.55 bits per heavy atom. The molecule has 4 rings (SSSR count). The van der Waals surface area contributed by atoms with E-state index in [-0.39, 0.29) is 5.97 Å². The molecule has 0 aliphatic carbocycles. The van der Waals surface area contributed by atoms with E-state index in [0.717, 1.165) is 62.6 Å². The first-order valence-electron chi connectivity index (χ1n) is 13.2. The van der Waals surface area contributed by atoms with Crippen LogP contribution in [0.4, 0.5) is 0 Å². The smallest absolute Gasteiger partial charge is 0.312 e. The second kappa shape index (κ2) is 13.1. The van der Waals surface area contributed by atoms with Crippen LogP contribution < -0.4 is 4.72 Å². The van der Waals surface area contributed by atoms with Crippen molar-refractivity contribution in [1.82, 2.24) is 19.2 Å². The van der Waals surface area contributed by atoms with Crippen LogP contribution in [0.25, 0.3) is 0 Å². The third-order valence-electron chi connectivity index (χ3n) is 7.42. The number of ether oxygens (including phenoxy) is 1. The summed E-state index contributed by atoms with van der Waals surface area (Å²) < 4.78 is 11.1. The average Bonchev–Trinajstić information content (AvgIpc) is 3.27. The lowest BCUT2D eigenvalue weighted by Crippen LogP contribution is -2.46. The highest BCUT2D eigenvalue weighted by Gasteiger charge is 2.42. The summed E-state index contributed by atoms with van der Waals surface area (Å²) in [6, 6.07) is 18.4. The van der Waals surface area contributed by atoms with Crippen molar-refractivity contribution in [2.75, 3.05) is 26.0 Å². The molecule has 8 heteroatoms. The second-order valence-electron chi connectivity index (χ2n) is 9.99. The highest BCUT2D eigenvalue weighted by Crippen LogP contribution is 2.37. The van der Waals surface area contributed by atoms with Gasteiger partial charge in [0, 0.05) is 25.8 Å². The van der Waals surface area contributed by atoms with Crippen LogP contribution in [-0.2, 0) is 35.6 Å². The molecule has 7 nitrogen and oxygen atoms in total. The maximum atomic E-state index is 13.3. The summed E-state index contributed by atoms with van der Waals surface area (Å²) in [4.78, 5) is 20.3. The SMILES string of the molecule is CCOC(=O)C1(Cc2cccc(CNSC)c2)CCN(Cc2cnc(C)n2Cc2ccc(C#N)cc2)CC1. The number of carbonyl (C=O) groups excluding carboxylic acids is 1. The number of nitriles is 1. The second-order valence-corrected chi connectivity index (χ2v) is 10.7. The maximum absolute atomic E-state index is 13.3. The minimum atomic E-state index is -0.503. The minimum Gasteiger partial charge on any atom is -0.466 e. The zero-order valence-electron chi connectivity index (χ0n) is 22.6. The number of likely N-dealkylation sites (tertiary alicyclic amines) is 1. The molecule has 1 saturated heterocycles. The van der Waals surface area contributed by atoms with Gasteiger partial charge in [-0.25, -0.2) is 4.98 Å². The predicted octanol–water partition coefficient (Wildman–Crippen LogP) is 4.87. The fourth-order valence-corrected chi connectivity index (χ4v) is 5.54. The number of aromatic nitrogens is 2. The third kappa shape index (κ3) is 6.84. The summed E-state index contributed by atoms with van der Waals surface area (Å²) in [6.07, 6.45) is 6.21. The van der Waals surface area contributed by atoms with E-state index < -0.39 is 5.41 Å². The van der Waals surface area contributed by atoms with Crippen LogP contribution in [0, 0.1) is 23.7 Å². The number of nitrogens with one attached hydrogen (secondary N) is 1. The molecule has 2 heterocycles. The van der Waals surface area contributed by atoms with Gasteiger partial charge in [-0.2, -0.15) is 5.26 Å². The van der Waals surface area contributed by atoms with Crippen LogP contribution >= 0.6 is 11.9 Å². The number of imidazole rings is 1. The lowest BCUT2D eigenvalue weighted by Gasteiger charge is -2.40. The van der Waals surface area contributed by atoms with E-state index in [1.807, 2.05) is 50.6 Å². The van der Waals surface area contributed by atoms with Crippen LogP contribution in [0.3, 0.4) is 0 Å². The molecule has 0 radical (unpaired) electrons. The van der Waals surface area contributed by atoms with E-state index >= 15 is 0 Å². The number of nitrogens with zero attached hydrogens (tertiary/aromatic N) is 4. The maximum Gasteiger partial charge on any atom is 0.312 e. The van der Waals surface area contributed by atoms with Gasteiger partial charge in [0.1, 0.15) is 5.82 Å². The molecular weight excluding hydrogens is 494 g/mol. The quantitative estimate of drug-likeness (QED) is 0.279. The van der Waals surface area contributed by atoms with Crippen molar-refractivity contribution < 1.29 is 9.53 Å². The van der Waals surface area contributed by atoms with Gasteiger partial charge in [0.05, 0.1) is 29.3 Å². The number of carbonyl (C=O) groups is 1. The van der Waals surface area contributed by atoms with Crippen LogP contribution in [0.15, 0.2) is 54.7 Å². The van der Waals surface area contributed by atoms with Crippen LogP contribution in [-0.4, -0.2) is 46.4 Å². The summed E-state index contributed by atoms with van der Waals surface area (Å²) >= 11 is 1.61. The number of rotatable bonds is 11. The first-order valence-corrected chi connectivity index (χ1v) is 14.4. The Kier molecular flexibility index (Phi) is 9.62. The Balaban J connectivity index is 1.44. The molecule has 0 saturated carbocycles. The van der Waals surface area contributed by atoms with Gasteiger partial charge in [0.15, 0.2) is 0 Å². The van der Waals surface area contributed by atoms with E-state index in [1.54, 1.807) is 11.9 Å². The molecule has 38 heavy (non-hydrogen) atoms. The molecule has 0 amide bonds. The first-order chi connectivity index (χ1) is 18.5. The molecule has 200 valence electrons. The van der Waals surface area contributed by atoms with Gasteiger partial charge in [-0.05, 0) is 81.3 Å². The summed E-state index contributed by atoms with van der Waals surface area (Å²) in [5.74, 6) is 0.895. The number of esters is 1. The molecule has 1 N–H and O–H groups in total. The number of hydrogen-bond acceptors (Lipinski definition) is 7. The Morgan fingerprint density at radius 2 is 1.87 bits per heavy atom. The van der Waals surface area contributed by atoms with Gasteiger partial charge in [0.2, 0.25) is 0 Å². The molecular formula is C30H37N5O2S. The molecule has 3 aromatic rings. The van der Waals surface area contributed by atoms with Crippen molar-refractivity contribution >= 4 is 17.9 Å². The van der Waals surface area contributed by atoms with Crippen LogP contribution in [0.2, 0.25) is 0 Å². The number of aryl methyl sites for hydroxylation is 1.